The van der Waals surface area contributed by atoms with Crippen molar-refractivity contribution in [2.75, 3.05) is 6.54 Å². The summed E-state index contributed by atoms with van der Waals surface area (Å²) < 4.78 is 7.07. The second-order valence-electron chi connectivity index (χ2n) is 7.44. The van der Waals surface area contributed by atoms with Crippen LogP contribution in [0.15, 0.2) is 16.8 Å². The number of aromatic nitrogens is 3. The van der Waals surface area contributed by atoms with Crippen molar-refractivity contribution < 1.29 is 9.32 Å². The fourth-order valence-corrected chi connectivity index (χ4v) is 4.17. The fraction of sp³-hybridized carbons (Fsp3) is 0.632. The van der Waals surface area contributed by atoms with Crippen LogP contribution in [0, 0.1) is 6.92 Å². The van der Waals surface area contributed by atoms with Gasteiger partial charge in [0.05, 0.1) is 24.1 Å². The molecule has 2 aromatic heterocycles. The number of aryl methyl sites for hydroxylation is 2. The van der Waals surface area contributed by atoms with Gasteiger partial charge in [-0.2, -0.15) is 5.10 Å². The van der Waals surface area contributed by atoms with Crippen LogP contribution >= 0.6 is 0 Å². The molecule has 2 aromatic rings. The predicted octanol–water partition coefficient (Wildman–Crippen LogP) is 2.65. The number of hydrogen-bond acceptors (Lipinski definition) is 5. The van der Waals surface area contributed by atoms with E-state index in [1.165, 1.54) is 44.0 Å². The highest BCUT2D eigenvalue weighted by Crippen LogP contribution is 2.26. The van der Waals surface area contributed by atoms with E-state index in [1.54, 1.807) is 6.92 Å². The Hall–Kier alpha value is -2.15. The molecule has 1 saturated carbocycles. The lowest BCUT2D eigenvalue weighted by molar-refractivity contribution is 0.0949. The van der Waals surface area contributed by atoms with Gasteiger partial charge < -0.3 is 9.84 Å². The number of nitrogens with zero attached hydrogens (tertiary/aromatic N) is 4. The highest BCUT2D eigenvalue weighted by atomic mass is 16.5. The standard InChI is InChI=1S/C19H27N5O2/c1-14-18(12-21-26-14)19(25)20-11-15-10-17-13-23(8-5-9-24(17)22-15)16-6-3-2-4-7-16/h10,12,16H,2-9,11,13H2,1H3,(H,20,25). The Morgan fingerprint density at radius 2 is 2.12 bits per heavy atom. The third kappa shape index (κ3) is 3.67. The molecule has 0 spiro atoms. The molecule has 0 bridgehead atoms. The molecule has 3 heterocycles. The molecular formula is C19H27N5O2. The van der Waals surface area contributed by atoms with Crippen LogP contribution in [0.5, 0.6) is 0 Å². The monoisotopic (exact) mass is 357 g/mol. The quantitative estimate of drug-likeness (QED) is 0.910. The van der Waals surface area contributed by atoms with Crippen LogP contribution in [0.3, 0.4) is 0 Å². The molecule has 140 valence electrons. The van der Waals surface area contributed by atoms with Crippen LogP contribution in [0.4, 0.5) is 0 Å². The molecule has 1 amide bonds. The van der Waals surface area contributed by atoms with Gasteiger partial charge in [0.15, 0.2) is 0 Å². The van der Waals surface area contributed by atoms with Gasteiger partial charge in [-0.25, -0.2) is 0 Å². The number of amides is 1. The molecule has 1 aliphatic carbocycles. The van der Waals surface area contributed by atoms with Crippen LogP contribution in [0.2, 0.25) is 0 Å². The van der Waals surface area contributed by atoms with Crippen LogP contribution in [0.1, 0.15) is 66.0 Å². The Kier molecular flexibility index (Phi) is 5.06. The molecule has 0 atom stereocenters. The number of hydrogen-bond donors (Lipinski definition) is 1. The third-order valence-corrected chi connectivity index (χ3v) is 5.61. The van der Waals surface area contributed by atoms with Gasteiger partial charge in [0.1, 0.15) is 11.3 Å². The lowest BCUT2D eigenvalue weighted by Crippen LogP contribution is -2.36. The van der Waals surface area contributed by atoms with Crippen molar-refractivity contribution in [2.45, 2.75) is 71.1 Å². The number of carbonyl (C=O) groups excluding carboxylic acids is 1. The second-order valence-corrected chi connectivity index (χ2v) is 7.44. The molecule has 0 aromatic carbocycles. The summed E-state index contributed by atoms with van der Waals surface area (Å²) in [6.45, 7) is 5.24. The number of nitrogens with one attached hydrogen (secondary N) is 1. The molecule has 1 N–H and O–H groups in total. The third-order valence-electron chi connectivity index (χ3n) is 5.61. The summed E-state index contributed by atoms with van der Waals surface area (Å²) in [5.74, 6) is 0.363. The van der Waals surface area contributed by atoms with Crippen molar-refractivity contribution in [3.05, 3.63) is 35.0 Å². The molecule has 2 aliphatic rings. The van der Waals surface area contributed by atoms with Gasteiger partial charge in [-0.3, -0.25) is 14.4 Å². The summed E-state index contributed by atoms with van der Waals surface area (Å²) in [6, 6.07) is 2.87. The summed E-state index contributed by atoms with van der Waals surface area (Å²) in [6.07, 6.45) is 9.36. The summed E-state index contributed by atoms with van der Waals surface area (Å²) >= 11 is 0. The van der Waals surface area contributed by atoms with E-state index in [-0.39, 0.29) is 5.91 Å². The minimum absolute atomic E-state index is 0.171. The second kappa shape index (κ2) is 7.61. The van der Waals surface area contributed by atoms with Gasteiger partial charge in [0, 0.05) is 25.7 Å². The van der Waals surface area contributed by atoms with Crippen molar-refractivity contribution in [3.8, 4) is 0 Å². The predicted molar refractivity (Wildman–Crippen MR) is 96.5 cm³/mol. The summed E-state index contributed by atoms with van der Waals surface area (Å²) in [5.41, 5.74) is 2.65. The molecule has 26 heavy (non-hydrogen) atoms. The Bertz CT molecular complexity index is 760. The first-order chi connectivity index (χ1) is 12.7. The van der Waals surface area contributed by atoms with Crippen molar-refractivity contribution in [2.24, 2.45) is 0 Å². The first-order valence-corrected chi connectivity index (χ1v) is 9.70. The minimum atomic E-state index is -0.171. The molecule has 1 aliphatic heterocycles. The Morgan fingerprint density at radius 3 is 2.88 bits per heavy atom. The molecule has 7 heteroatoms. The fourth-order valence-electron chi connectivity index (χ4n) is 4.17. The van der Waals surface area contributed by atoms with Crippen LogP contribution in [0.25, 0.3) is 0 Å². The summed E-state index contributed by atoms with van der Waals surface area (Å²) in [4.78, 5) is 14.8. The normalized spacial score (nSPS) is 19.1. The Morgan fingerprint density at radius 1 is 1.27 bits per heavy atom. The first kappa shape index (κ1) is 17.3. The van der Waals surface area contributed by atoms with Gasteiger partial charge in [-0.05, 0) is 32.3 Å². The smallest absolute Gasteiger partial charge is 0.256 e. The van der Waals surface area contributed by atoms with Crippen molar-refractivity contribution in [1.82, 2.24) is 25.2 Å². The number of rotatable bonds is 4. The highest BCUT2D eigenvalue weighted by Gasteiger charge is 2.24. The van der Waals surface area contributed by atoms with E-state index >= 15 is 0 Å². The van der Waals surface area contributed by atoms with E-state index in [4.69, 9.17) is 9.62 Å². The van der Waals surface area contributed by atoms with Crippen LogP contribution < -0.4 is 5.32 Å². The van der Waals surface area contributed by atoms with Crippen LogP contribution in [-0.2, 0) is 19.6 Å². The Labute approximate surface area is 153 Å². The van der Waals surface area contributed by atoms with E-state index < -0.39 is 0 Å². The maximum atomic E-state index is 12.2. The molecule has 7 nitrogen and oxygen atoms in total. The number of carbonyl (C=O) groups is 1. The molecule has 0 saturated heterocycles. The lowest BCUT2D eigenvalue weighted by atomic mass is 9.94. The largest absolute Gasteiger partial charge is 0.361 e. The van der Waals surface area contributed by atoms with E-state index in [2.05, 4.69) is 26.1 Å². The molecule has 1 fully saturated rings. The molecular weight excluding hydrogens is 330 g/mol. The average molecular weight is 357 g/mol. The zero-order valence-corrected chi connectivity index (χ0v) is 15.4. The van der Waals surface area contributed by atoms with E-state index in [9.17, 15) is 4.79 Å². The van der Waals surface area contributed by atoms with Crippen molar-refractivity contribution >= 4 is 5.91 Å². The van der Waals surface area contributed by atoms with Gasteiger partial charge in [-0.15, -0.1) is 0 Å². The van der Waals surface area contributed by atoms with Crippen molar-refractivity contribution in [1.29, 1.82) is 0 Å². The van der Waals surface area contributed by atoms with Gasteiger partial charge >= 0.3 is 0 Å². The van der Waals surface area contributed by atoms with Crippen LogP contribution in [-0.4, -0.2) is 38.3 Å². The van der Waals surface area contributed by atoms with Gasteiger partial charge in [-0.1, -0.05) is 24.4 Å². The van der Waals surface area contributed by atoms with E-state index in [0.29, 0.717) is 17.9 Å². The summed E-state index contributed by atoms with van der Waals surface area (Å²) in [7, 11) is 0. The Balaban J connectivity index is 1.40. The first-order valence-electron chi connectivity index (χ1n) is 9.70. The average Bonchev–Trinajstić information content (AvgIpc) is 3.20. The molecule has 0 radical (unpaired) electrons. The maximum Gasteiger partial charge on any atom is 0.256 e. The topological polar surface area (TPSA) is 76.2 Å². The van der Waals surface area contributed by atoms with Crippen molar-refractivity contribution in [3.63, 3.8) is 0 Å². The van der Waals surface area contributed by atoms with Gasteiger partial charge in [0.2, 0.25) is 0 Å². The lowest BCUT2D eigenvalue weighted by Gasteiger charge is -2.33. The summed E-state index contributed by atoms with van der Waals surface area (Å²) in [5, 5.41) is 11.3. The maximum absolute atomic E-state index is 12.2. The van der Waals surface area contributed by atoms with Gasteiger partial charge in [0.25, 0.3) is 5.91 Å². The number of fused-ring (bicyclic) bond motifs is 1. The molecule has 4 rings (SSSR count). The van der Waals surface area contributed by atoms with E-state index in [0.717, 1.165) is 37.8 Å². The highest BCUT2D eigenvalue weighted by molar-refractivity contribution is 5.94. The zero-order chi connectivity index (χ0) is 17.9. The minimum Gasteiger partial charge on any atom is -0.361 e. The zero-order valence-electron chi connectivity index (χ0n) is 15.4. The SMILES string of the molecule is Cc1oncc1C(=O)NCc1cc2n(n1)CCCN(C1CCCCC1)C2. The van der Waals surface area contributed by atoms with E-state index in [1.807, 2.05) is 0 Å². The molecule has 0 unspecified atom stereocenters.